The minimum Gasteiger partial charge on any atom is -0.384 e. The molecule has 28 heavy (non-hydrogen) atoms. The summed E-state index contributed by atoms with van der Waals surface area (Å²) in [5.41, 5.74) is 9.20. The fourth-order valence-corrected chi connectivity index (χ4v) is 4.33. The second-order valence-electron chi connectivity index (χ2n) is 6.29. The molecule has 6 nitrogen and oxygen atoms in total. The van der Waals surface area contributed by atoms with Gasteiger partial charge in [0.1, 0.15) is 10.6 Å². The third-order valence-electron chi connectivity index (χ3n) is 4.40. The number of benzene rings is 1. The molecule has 0 aliphatic rings. The second-order valence-corrected chi connectivity index (χ2v) is 7.38. The van der Waals surface area contributed by atoms with Gasteiger partial charge in [0.05, 0.1) is 24.2 Å². The van der Waals surface area contributed by atoms with Crippen molar-refractivity contribution in [3.05, 3.63) is 65.3 Å². The highest BCUT2D eigenvalue weighted by atomic mass is 32.1. The zero-order valence-electron chi connectivity index (χ0n) is 15.6. The number of methoxy groups -OCH3 is 1. The van der Waals surface area contributed by atoms with Gasteiger partial charge in [-0.15, -0.1) is 11.3 Å². The first-order chi connectivity index (χ1) is 13.8. The molecule has 0 saturated carbocycles. The van der Waals surface area contributed by atoms with Gasteiger partial charge in [-0.05, 0) is 17.7 Å². The predicted molar refractivity (Wildman–Crippen MR) is 114 cm³/mol. The fraction of sp³-hybridized carbons (Fsp3) is 0.190. The Kier molecular flexibility index (Phi) is 5.45. The van der Waals surface area contributed by atoms with Gasteiger partial charge in [-0.3, -0.25) is 4.98 Å². The summed E-state index contributed by atoms with van der Waals surface area (Å²) in [5.74, 6) is 0.988. The number of nitrogens with two attached hydrogens (primary N) is 1. The molecule has 0 aliphatic heterocycles. The van der Waals surface area contributed by atoms with Crippen LogP contribution in [0.2, 0.25) is 0 Å². The van der Waals surface area contributed by atoms with Crippen LogP contribution in [0.1, 0.15) is 10.6 Å². The number of anilines is 2. The van der Waals surface area contributed by atoms with E-state index < -0.39 is 0 Å². The number of ether oxygens (including phenoxy) is 1. The van der Waals surface area contributed by atoms with E-state index in [1.54, 1.807) is 24.6 Å². The third kappa shape index (κ3) is 3.81. The van der Waals surface area contributed by atoms with Crippen molar-refractivity contribution in [1.29, 1.82) is 0 Å². The summed E-state index contributed by atoms with van der Waals surface area (Å²) >= 11 is 1.64. The van der Waals surface area contributed by atoms with Crippen molar-refractivity contribution in [2.24, 2.45) is 0 Å². The van der Waals surface area contributed by atoms with Crippen LogP contribution < -0.4 is 11.1 Å². The monoisotopic (exact) mass is 391 g/mol. The van der Waals surface area contributed by atoms with E-state index in [9.17, 15) is 0 Å². The highest BCUT2D eigenvalue weighted by Gasteiger charge is 2.20. The summed E-state index contributed by atoms with van der Waals surface area (Å²) in [6.07, 6.45) is 2.59. The Balaban J connectivity index is 1.83. The molecule has 4 aromatic rings. The van der Waals surface area contributed by atoms with Crippen LogP contribution in [0.4, 0.5) is 11.8 Å². The lowest BCUT2D eigenvalue weighted by Gasteiger charge is -2.10. The van der Waals surface area contributed by atoms with Gasteiger partial charge in [0.15, 0.2) is 0 Å². The van der Waals surface area contributed by atoms with E-state index in [0.29, 0.717) is 13.2 Å². The van der Waals surface area contributed by atoms with Crippen molar-refractivity contribution in [3.63, 3.8) is 0 Å². The number of aromatic nitrogens is 3. The summed E-state index contributed by atoms with van der Waals surface area (Å²) in [5, 5.41) is 4.40. The molecule has 3 aromatic heterocycles. The lowest BCUT2D eigenvalue weighted by atomic mass is 10.0. The van der Waals surface area contributed by atoms with Crippen molar-refractivity contribution in [3.8, 4) is 11.1 Å². The molecule has 0 spiro atoms. The number of thiophene rings is 1. The van der Waals surface area contributed by atoms with Crippen LogP contribution in [-0.2, 0) is 17.7 Å². The van der Waals surface area contributed by atoms with Gasteiger partial charge >= 0.3 is 0 Å². The molecule has 1 aromatic carbocycles. The number of fused-ring (bicyclic) bond motifs is 1. The first kappa shape index (κ1) is 18.3. The molecule has 0 amide bonds. The zero-order valence-corrected chi connectivity index (χ0v) is 16.4. The first-order valence-electron chi connectivity index (χ1n) is 9.03. The molecule has 3 N–H and O–H groups in total. The Morgan fingerprint density at radius 2 is 1.89 bits per heavy atom. The normalized spacial score (nSPS) is 11.0. The van der Waals surface area contributed by atoms with E-state index in [2.05, 4.69) is 32.4 Å². The molecule has 0 bridgehead atoms. The van der Waals surface area contributed by atoms with Gasteiger partial charge in [0.25, 0.3) is 0 Å². The smallest absolute Gasteiger partial charge is 0.223 e. The highest BCUT2D eigenvalue weighted by Crippen LogP contribution is 2.41. The quantitative estimate of drug-likeness (QED) is 0.492. The molecule has 0 aliphatic carbocycles. The molecule has 3 heterocycles. The summed E-state index contributed by atoms with van der Waals surface area (Å²) < 4.78 is 5.31. The van der Waals surface area contributed by atoms with Crippen molar-refractivity contribution >= 4 is 33.3 Å². The maximum Gasteiger partial charge on any atom is 0.223 e. The van der Waals surface area contributed by atoms with Gasteiger partial charge in [-0.1, -0.05) is 36.4 Å². The van der Waals surface area contributed by atoms with Gasteiger partial charge < -0.3 is 15.8 Å². The topological polar surface area (TPSA) is 86.0 Å². The molecular weight excluding hydrogens is 370 g/mol. The van der Waals surface area contributed by atoms with Gasteiger partial charge in [0.2, 0.25) is 5.95 Å². The molecule has 142 valence electrons. The van der Waals surface area contributed by atoms with Crippen molar-refractivity contribution < 1.29 is 4.74 Å². The molecule has 0 saturated heterocycles. The molecule has 0 radical (unpaired) electrons. The van der Waals surface area contributed by atoms with E-state index in [1.165, 1.54) is 4.88 Å². The lowest BCUT2D eigenvalue weighted by molar-refractivity contribution is 0.203. The van der Waals surface area contributed by atoms with Gasteiger partial charge in [0, 0.05) is 30.2 Å². The number of rotatable bonds is 7. The Morgan fingerprint density at radius 1 is 1.07 bits per heavy atom. The standard InChI is InChI=1S/C21H21N5OS/c1-27-12-10-16-17(14-7-3-2-4-8-14)18-19(25-21(22)26-20(18)28-16)24-13-15-9-5-6-11-23-15/h2-9,11H,10,12-13H2,1H3,(H3,22,24,25,26). The number of nitrogens with one attached hydrogen (secondary N) is 1. The number of hydrogen-bond acceptors (Lipinski definition) is 7. The van der Waals surface area contributed by atoms with Crippen LogP contribution in [-0.4, -0.2) is 28.7 Å². The minimum absolute atomic E-state index is 0.259. The van der Waals surface area contributed by atoms with Crippen LogP contribution in [0, 0.1) is 0 Å². The van der Waals surface area contributed by atoms with E-state index in [4.69, 9.17) is 10.5 Å². The maximum absolute atomic E-state index is 6.00. The summed E-state index contributed by atoms with van der Waals surface area (Å²) in [7, 11) is 1.72. The average Bonchev–Trinajstić information content (AvgIpc) is 3.10. The Bertz CT molecular complexity index is 1070. The zero-order chi connectivity index (χ0) is 19.3. The second kappa shape index (κ2) is 8.33. The fourth-order valence-electron chi connectivity index (χ4n) is 3.15. The highest BCUT2D eigenvalue weighted by molar-refractivity contribution is 7.19. The molecule has 0 atom stereocenters. The Morgan fingerprint density at radius 3 is 2.64 bits per heavy atom. The average molecular weight is 392 g/mol. The van der Waals surface area contributed by atoms with Crippen molar-refractivity contribution in [1.82, 2.24) is 15.0 Å². The van der Waals surface area contributed by atoms with Crippen molar-refractivity contribution in [2.75, 3.05) is 24.8 Å². The maximum atomic E-state index is 6.00. The van der Waals surface area contributed by atoms with E-state index in [-0.39, 0.29) is 5.95 Å². The molecule has 7 heteroatoms. The van der Waals surface area contributed by atoms with E-state index >= 15 is 0 Å². The number of nitrogens with zero attached hydrogens (tertiary/aromatic N) is 3. The van der Waals surface area contributed by atoms with E-state index in [1.807, 2.05) is 36.4 Å². The number of nitrogen functional groups attached to an aromatic ring is 1. The van der Waals surface area contributed by atoms with Crippen LogP contribution >= 0.6 is 11.3 Å². The minimum atomic E-state index is 0.259. The van der Waals surface area contributed by atoms with Gasteiger partial charge in [-0.25, -0.2) is 4.98 Å². The van der Waals surface area contributed by atoms with Crippen LogP contribution in [0.25, 0.3) is 21.3 Å². The van der Waals surface area contributed by atoms with Crippen molar-refractivity contribution in [2.45, 2.75) is 13.0 Å². The molecular formula is C21H21N5OS. The third-order valence-corrected chi connectivity index (χ3v) is 5.54. The van der Waals surface area contributed by atoms with Gasteiger partial charge in [-0.2, -0.15) is 4.98 Å². The number of hydrogen-bond donors (Lipinski definition) is 2. The summed E-state index contributed by atoms with van der Waals surface area (Å²) in [6.45, 7) is 1.20. The molecule has 4 rings (SSSR count). The SMILES string of the molecule is COCCc1sc2nc(N)nc(NCc3ccccn3)c2c1-c1ccccc1. The largest absolute Gasteiger partial charge is 0.384 e. The molecule has 0 unspecified atom stereocenters. The van der Waals surface area contributed by atoms with Crippen LogP contribution in [0.3, 0.4) is 0 Å². The predicted octanol–water partition coefficient (Wildman–Crippen LogP) is 4.14. The van der Waals surface area contributed by atoms with Crippen LogP contribution in [0.5, 0.6) is 0 Å². The Hall–Kier alpha value is -3.03. The van der Waals surface area contributed by atoms with E-state index in [0.717, 1.165) is 39.3 Å². The summed E-state index contributed by atoms with van der Waals surface area (Å²) in [4.78, 5) is 15.5. The Labute approximate surface area is 167 Å². The lowest BCUT2D eigenvalue weighted by Crippen LogP contribution is -2.06. The number of pyridine rings is 1. The molecule has 0 fully saturated rings. The first-order valence-corrected chi connectivity index (χ1v) is 9.85. The van der Waals surface area contributed by atoms with Crippen LogP contribution in [0.15, 0.2) is 54.7 Å². The summed E-state index contributed by atoms with van der Waals surface area (Å²) in [6, 6.07) is 16.2.